The number of aliphatic hydroxyl groups excluding tert-OH is 2. The minimum Gasteiger partial charge on any atom is -0.462 e. The second kappa shape index (κ2) is 43.4. The second-order valence-electron chi connectivity index (χ2n) is 15.5. The molecular weight excluding hydrogens is 695 g/mol. The van der Waals surface area contributed by atoms with E-state index in [1.807, 2.05) is 30.4 Å². The maximum atomic E-state index is 13.1. The molecule has 0 spiro atoms. The lowest BCUT2D eigenvalue weighted by molar-refractivity contribution is -0.151. The van der Waals surface area contributed by atoms with Crippen molar-refractivity contribution in [3.63, 3.8) is 0 Å². The molecule has 0 saturated carbocycles. The van der Waals surface area contributed by atoms with Crippen molar-refractivity contribution in [3.05, 3.63) is 72.9 Å². The molecule has 3 unspecified atom stereocenters. The Hall–Kier alpha value is -2.70. The van der Waals surface area contributed by atoms with Crippen LogP contribution in [0.3, 0.4) is 0 Å². The molecule has 6 heteroatoms. The van der Waals surface area contributed by atoms with E-state index < -0.39 is 18.2 Å². The van der Waals surface area contributed by atoms with Gasteiger partial charge in [-0.25, -0.2) is 0 Å². The summed E-state index contributed by atoms with van der Waals surface area (Å²) in [5.74, 6) is -0.534. The molecule has 6 nitrogen and oxygen atoms in total. The summed E-state index contributed by atoms with van der Waals surface area (Å²) in [7, 11) is 0. The molecule has 0 aliphatic carbocycles. The third-order valence-electron chi connectivity index (χ3n) is 10.1. The Kier molecular flexibility index (Phi) is 41.3. The molecule has 0 heterocycles. The van der Waals surface area contributed by atoms with E-state index in [9.17, 15) is 19.8 Å². The zero-order valence-corrected chi connectivity index (χ0v) is 36.5. The van der Waals surface area contributed by atoms with Crippen molar-refractivity contribution in [2.24, 2.45) is 0 Å². The molecule has 0 rings (SSSR count). The quantitative estimate of drug-likeness (QED) is 0.0327. The van der Waals surface area contributed by atoms with Gasteiger partial charge in [0.2, 0.25) is 5.91 Å². The topological polar surface area (TPSA) is 95.9 Å². The molecule has 0 fully saturated rings. The number of nitrogens with one attached hydrogen (secondary N) is 1. The molecule has 56 heavy (non-hydrogen) atoms. The minimum atomic E-state index is -0.801. The van der Waals surface area contributed by atoms with E-state index in [1.165, 1.54) is 83.5 Å². The van der Waals surface area contributed by atoms with Gasteiger partial charge in [0.25, 0.3) is 0 Å². The summed E-state index contributed by atoms with van der Waals surface area (Å²) in [6, 6.07) is -0.717. The van der Waals surface area contributed by atoms with Crippen LogP contribution in [0.15, 0.2) is 72.9 Å². The molecule has 0 aromatic carbocycles. The van der Waals surface area contributed by atoms with Gasteiger partial charge in [-0.2, -0.15) is 0 Å². The number of unbranched alkanes of at least 4 members (excludes halogenated alkanes) is 20. The van der Waals surface area contributed by atoms with Crippen LogP contribution in [0.2, 0.25) is 0 Å². The molecule has 3 atom stereocenters. The maximum absolute atomic E-state index is 13.1. The summed E-state index contributed by atoms with van der Waals surface area (Å²) in [4.78, 5) is 26.0. The van der Waals surface area contributed by atoms with Gasteiger partial charge in [-0.1, -0.05) is 196 Å². The standard InChI is InChI=1S/C50H87NO5/c1-4-7-10-13-16-19-21-23-24-26-28-31-34-37-40-43-50(55)56-46(41-38-35-32-30-27-25-22-20-17-14-11-8-5-2)44-49(54)51-47(45-52)48(53)42-39-36-33-29-18-15-12-9-6-3/h8,11,14,16-17,19-23,25,27,46-48,52-53H,4-7,9-10,12-13,15,18,24,26,28-45H2,1-3H3,(H,51,54)/b11-8+,17-14+,19-16+,22-20+,23-21+,27-25-. The van der Waals surface area contributed by atoms with E-state index in [0.29, 0.717) is 19.3 Å². The molecule has 0 aliphatic heterocycles. The first-order valence-corrected chi connectivity index (χ1v) is 23.2. The third-order valence-corrected chi connectivity index (χ3v) is 10.1. The molecule has 3 N–H and O–H groups in total. The van der Waals surface area contributed by atoms with Gasteiger partial charge in [-0.15, -0.1) is 0 Å². The summed E-state index contributed by atoms with van der Waals surface area (Å²) < 4.78 is 5.88. The summed E-state index contributed by atoms with van der Waals surface area (Å²) in [5, 5.41) is 23.6. The predicted molar refractivity (Wildman–Crippen MR) is 241 cm³/mol. The molecule has 0 saturated heterocycles. The van der Waals surface area contributed by atoms with Crippen molar-refractivity contribution in [1.29, 1.82) is 0 Å². The Balaban J connectivity index is 4.69. The number of ether oxygens (including phenoxy) is 1. The summed E-state index contributed by atoms with van der Waals surface area (Å²) in [6.07, 6.45) is 53.9. The normalized spacial score (nSPS) is 14.0. The van der Waals surface area contributed by atoms with Gasteiger partial charge in [0.15, 0.2) is 0 Å². The Morgan fingerprint density at radius 3 is 1.54 bits per heavy atom. The number of hydrogen-bond acceptors (Lipinski definition) is 5. The van der Waals surface area contributed by atoms with Crippen LogP contribution < -0.4 is 5.32 Å². The Morgan fingerprint density at radius 2 is 0.964 bits per heavy atom. The molecule has 0 bridgehead atoms. The second-order valence-corrected chi connectivity index (χ2v) is 15.5. The number of amides is 1. The van der Waals surface area contributed by atoms with Gasteiger partial charge in [-0.3, -0.25) is 9.59 Å². The first kappa shape index (κ1) is 53.3. The number of aliphatic hydroxyl groups is 2. The van der Waals surface area contributed by atoms with E-state index >= 15 is 0 Å². The average molecular weight is 782 g/mol. The Bertz CT molecular complexity index is 1060. The van der Waals surface area contributed by atoms with E-state index in [2.05, 4.69) is 68.6 Å². The summed E-state index contributed by atoms with van der Waals surface area (Å²) in [6.45, 7) is 6.26. The lowest BCUT2D eigenvalue weighted by atomic mass is 10.0. The highest BCUT2D eigenvalue weighted by molar-refractivity contribution is 5.77. The van der Waals surface area contributed by atoms with Crippen LogP contribution in [0.5, 0.6) is 0 Å². The molecule has 0 radical (unpaired) electrons. The monoisotopic (exact) mass is 782 g/mol. The lowest BCUT2D eigenvalue weighted by Gasteiger charge is -2.24. The fraction of sp³-hybridized carbons (Fsp3) is 0.720. The van der Waals surface area contributed by atoms with E-state index in [0.717, 1.165) is 77.0 Å². The van der Waals surface area contributed by atoms with E-state index in [1.54, 1.807) is 0 Å². The molecule has 322 valence electrons. The van der Waals surface area contributed by atoms with Gasteiger partial charge in [0.1, 0.15) is 6.10 Å². The number of allylic oxidation sites excluding steroid dienone is 12. The average Bonchev–Trinajstić information content (AvgIpc) is 3.19. The zero-order chi connectivity index (χ0) is 41.0. The zero-order valence-electron chi connectivity index (χ0n) is 36.5. The number of carbonyl (C=O) groups is 2. The maximum Gasteiger partial charge on any atom is 0.306 e. The Labute approximate surface area is 345 Å². The van der Waals surface area contributed by atoms with Gasteiger partial charge < -0.3 is 20.3 Å². The highest BCUT2D eigenvalue weighted by atomic mass is 16.5. The first-order valence-electron chi connectivity index (χ1n) is 23.2. The van der Waals surface area contributed by atoms with Crippen LogP contribution in [-0.2, 0) is 14.3 Å². The van der Waals surface area contributed by atoms with Crippen LogP contribution >= 0.6 is 0 Å². The van der Waals surface area contributed by atoms with Crippen molar-refractivity contribution in [2.45, 2.75) is 225 Å². The van der Waals surface area contributed by atoms with Crippen molar-refractivity contribution in [1.82, 2.24) is 5.32 Å². The van der Waals surface area contributed by atoms with Crippen LogP contribution in [0.1, 0.15) is 207 Å². The van der Waals surface area contributed by atoms with Crippen molar-refractivity contribution < 1.29 is 24.5 Å². The SMILES string of the molecule is CC/C=C/C=C/C=C/C=C\CCCCCC(CC(=O)NC(CO)C(O)CCCCCCCCCCC)OC(=O)CCCCCCCC/C=C/C=C/CCCCC. The fourth-order valence-corrected chi connectivity index (χ4v) is 6.61. The molecule has 0 aromatic heterocycles. The van der Waals surface area contributed by atoms with Crippen LogP contribution in [0, 0.1) is 0 Å². The highest BCUT2D eigenvalue weighted by Gasteiger charge is 2.24. The lowest BCUT2D eigenvalue weighted by Crippen LogP contribution is -2.46. The van der Waals surface area contributed by atoms with Crippen molar-refractivity contribution >= 4 is 11.9 Å². The van der Waals surface area contributed by atoms with Gasteiger partial charge in [0, 0.05) is 6.42 Å². The minimum absolute atomic E-state index is 0.0434. The third kappa shape index (κ3) is 38.2. The number of rotatable bonds is 40. The van der Waals surface area contributed by atoms with Crippen LogP contribution in [0.25, 0.3) is 0 Å². The van der Waals surface area contributed by atoms with E-state index in [-0.39, 0.29) is 24.9 Å². The smallest absolute Gasteiger partial charge is 0.306 e. The Morgan fingerprint density at radius 1 is 0.536 bits per heavy atom. The molecular formula is C50H87NO5. The number of esters is 1. The van der Waals surface area contributed by atoms with Crippen molar-refractivity contribution in [3.8, 4) is 0 Å². The number of hydrogen-bond donors (Lipinski definition) is 3. The van der Waals surface area contributed by atoms with E-state index in [4.69, 9.17) is 4.74 Å². The molecule has 0 aromatic rings. The highest BCUT2D eigenvalue weighted by Crippen LogP contribution is 2.17. The number of carbonyl (C=O) groups excluding carboxylic acids is 2. The summed E-state index contributed by atoms with van der Waals surface area (Å²) >= 11 is 0. The largest absolute Gasteiger partial charge is 0.462 e. The van der Waals surface area contributed by atoms with Gasteiger partial charge in [-0.05, 0) is 70.6 Å². The first-order chi connectivity index (χ1) is 27.5. The predicted octanol–water partition coefficient (Wildman–Crippen LogP) is 13.4. The molecule has 0 aliphatic rings. The van der Waals surface area contributed by atoms with Crippen LogP contribution in [-0.4, -0.2) is 46.9 Å². The van der Waals surface area contributed by atoms with Gasteiger partial charge in [0.05, 0.1) is 25.2 Å². The van der Waals surface area contributed by atoms with Crippen LogP contribution in [0.4, 0.5) is 0 Å². The molecule has 1 amide bonds. The fourth-order valence-electron chi connectivity index (χ4n) is 6.61. The van der Waals surface area contributed by atoms with Gasteiger partial charge >= 0.3 is 5.97 Å². The van der Waals surface area contributed by atoms with Crippen molar-refractivity contribution in [2.75, 3.05) is 6.61 Å². The summed E-state index contributed by atoms with van der Waals surface area (Å²) in [5.41, 5.74) is 0.